The van der Waals surface area contributed by atoms with Crippen molar-refractivity contribution in [1.29, 1.82) is 0 Å². The smallest absolute Gasteiger partial charge is 0.121 e. The number of hydrogen-bond donors (Lipinski definition) is 4. The molecule has 4 nitrogen and oxygen atoms in total. The zero-order chi connectivity index (χ0) is 11.4. The SMILES string of the molecule is CC(N)C[C@@H](O)c1ccc(O)c(CO)c1. The highest BCUT2D eigenvalue weighted by atomic mass is 16.3. The predicted octanol–water partition coefficient (Wildman–Crippen LogP) is 0.655. The molecule has 1 aromatic carbocycles. The molecule has 2 atom stereocenters. The lowest BCUT2D eigenvalue weighted by Gasteiger charge is -2.14. The van der Waals surface area contributed by atoms with Crippen molar-refractivity contribution < 1.29 is 15.3 Å². The van der Waals surface area contributed by atoms with Crippen LogP contribution in [0, 0.1) is 0 Å². The van der Waals surface area contributed by atoms with Gasteiger partial charge in [-0.05, 0) is 31.0 Å². The average Bonchev–Trinajstić information content (AvgIpc) is 2.17. The van der Waals surface area contributed by atoms with Crippen LogP contribution < -0.4 is 5.73 Å². The van der Waals surface area contributed by atoms with Crippen LogP contribution >= 0.6 is 0 Å². The lowest BCUT2D eigenvalue weighted by molar-refractivity contribution is 0.160. The molecule has 0 aliphatic carbocycles. The van der Waals surface area contributed by atoms with Crippen molar-refractivity contribution in [2.24, 2.45) is 5.73 Å². The number of aliphatic hydroxyl groups excluding tert-OH is 2. The standard InChI is InChI=1S/C11H17NO3/c1-7(12)4-11(15)8-2-3-10(14)9(5-8)6-13/h2-3,5,7,11,13-15H,4,6,12H2,1H3/t7?,11-/m1/s1. The van der Waals surface area contributed by atoms with Gasteiger partial charge >= 0.3 is 0 Å². The van der Waals surface area contributed by atoms with Crippen molar-refractivity contribution in [1.82, 2.24) is 0 Å². The summed E-state index contributed by atoms with van der Waals surface area (Å²) in [5, 5.41) is 28.0. The van der Waals surface area contributed by atoms with Gasteiger partial charge in [0.15, 0.2) is 0 Å². The quantitative estimate of drug-likeness (QED) is 0.589. The molecule has 0 heterocycles. The first kappa shape index (κ1) is 12.0. The lowest BCUT2D eigenvalue weighted by atomic mass is 10.0. The molecule has 1 rings (SSSR count). The molecule has 0 fully saturated rings. The maximum atomic E-state index is 9.76. The van der Waals surface area contributed by atoms with E-state index in [1.165, 1.54) is 6.07 Å². The fourth-order valence-electron chi connectivity index (χ4n) is 1.43. The van der Waals surface area contributed by atoms with Crippen LogP contribution in [0.5, 0.6) is 5.75 Å². The first-order chi connectivity index (χ1) is 7.04. The summed E-state index contributed by atoms with van der Waals surface area (Å²) < 4.78 is 0. The summed E-state index contributed by atoms with van der Waals surface area (Å²) in [6.07, 6.45) is -0.203. The van der Waals surface area contributed by atoms with Crippen LogP contribution in [0.3, 0.4) is 0 Å². The molecule has 0 aliphatic heterocycles. The van der Waals surface area contributed by atoms with Crippen molar-refractivity contribution in [3.8, 4) is 5.75 Å². The Labute approximate surface area is 89.0 Å². The van der Waals surface area contributed by atoms with Crippen LogP contribution in [0.25, 0.3) is 0 Å². The van der Waals surface area contributed by atoms with Crippen molar-refractivity contribution >= 4 is 0 Å². The fourth-order valence-corrected chi connectivity index (χ4v) is 1.43. The van der Waals surface area contributed by atoms with Gasteiger partial charge in [-0.1, -0.05) is 6.07 Å². The molecule has 1 unspecified atom stereocenters. The van der Waals surface area contributed by atoms with Crippen LogP contribution in [0.15, 0.2) is 18.2 Å². The van der Waals surface area contributed by atoms with Gasteiger partial charge in [-0.25, -0.2) is 0 Å². The third-order valence-electron chi connectivity index (χ3n) is 2.25. The van der Waals surface area contributed by atoms with Gasteiger partial charge in [0.2, 0.25) is 0 Å². The Balaban J connectivity index is 2.85. The Hall–Kier alpha value is -1.10. The average molecular weight is 211 g/mol. The first-order valence-electron chi connectivity index (χ1n) is 4.91. The van der Waals surface area contributed by atoms with E-state index >= 15 is 0 Å². The van der Waals surface area contributed by atoms with Crippen molar-refractivity contribution in [3.63, 3.8) is 0 Å². The molecule has 0 aromatic heterocycles. The molecule has 4 heteroatoms. The minimum Gasteiger partial charge on any atom is -0.508 e. The Morgan fingerprint density at radius 1 is 1.40 bits per heavy atom. The van der Waals surface area contributed by atoms with E-state index in [1.807, 2.05) is 6.92 Å². The van der Waals surface area contributed by atoms with E-state index in [9.17, 15) is 10.2 Å². The van der Waals surface area contributed by atoms with Gasteiger partial charge in [-0.15, -0.1) is 0 Å². The molecule has 84 valence electrons. The van der Waals surface area contributed by atoms with Crippen LogP contribution in [0.2, 0.25) is 0 Å². The van der Waals surface area contributed by atoms with E-state index < -0.39 is 6.10 Å². The Morgan fingerprint density at radius 3 is 2.60 bits per heavy atom. The number of aliphatic hydroxyl groups is 2. The van der Waals surface area contributed by atoms with Crippen LogP contribution in [0.1, 0.15) is 30.6 Å². The summed E-state index contributed by atoms with van der Waals surface area (Å²) in [7, 11) is 0. The molecule has 0 amide bonds. The summed E-state index contributed by atoms with van der Waals surface area (Å²) in [5.41, 5.74) is 6.65. The third-order valence-corrected chi connectivity index (χ3v) is 2.25. The second-order valence-electron chi connectivity index (χ2n) is 3.78. The molecular weight excluding hydrogens is 194 g/mol. The molecule has 1 aromatic rings. The van der Waals surface area contributed by atoms with Gasteiger partial charge < -0.3 is 21.1 Å². The molecule has 0 saturated heterocycles. The second kappa shape index (κ2) is 5.11. The molecular formula is C11H17NO3. The van der Waals surface area contributed by atoms with Gasteiger partial charge in [-0.3, -0.25) is 0 Å². The van der Waals surface area contributed by atoms with E-state index in [4.69, 9.17) is 10.8 Å². The highest BCUT2D eigenvalue weighted by Gasteiger charge is 2.11. The Morgan fingerprint density at radius 2 is 2.07 bits per heavy atom. The fraction of sp³-hybridized carbons (Fsp3) is 0.455. The molecule has 0 bridgehead atoms. The maximum absolute atomic E-state index is 9.76. The van der Waals surface area contributed by atoms with E-state index in [0.717, 1.165) is 0 Å². The largest absolute Gasteiger partial charge is 0.508 e. The normalized spacial score (nSPS) is 14.9. The summed E-state index contributed by atoms with van der Waals surface area (Å²) in [5.74, 6) is 0.0363. The highest BCUT2D eigenvalue weighted by Crippen LogP contribution is 2.24. The number of aromatic hydroxyl groups is 1. The second-order valence-corrected chi connectivity index (χ2v) is 3.78. The molecule has 0 radical (unpaired) electrons. The Kier molecular flexibility index (Phi) is 4.08. The van der Waals surface area contributed by atoms with E-state index in [0.29, 0.717) is 17.5 Å². The van der Waals surface area contributed by atoms with Gasteiger partial charge in [0, 0.05) is 11.6 Å². The van der Waals surface area contributed by atoms with Crippen molar-refractivity contribution in [2.45, 2.75) is 32.1 Å². The Bertz CT molecular complexity index is 326. The summed E-state index contributed by atoms with van der Waals surface area (Å²) in [6.45, 7) is 1.57. The molecule has 5 N–H and O–H groups in total. The third kappa shape index (κ3) is 3.20. The summed E-state index contributed by atoms with van der Waals surface area (Å²) in [4.78, 5) is 0. The number of rotatable bonds is 4. The molecule has 15 heavy (non-hydrogen) atoms. The van der Waals surface area contributed by atoms with Gasteiger partial charge in [0.1, 0.15) is 5.75 Å². The summed E-state index contributed by atoms with van der Waals surface area (Å²) in [6, 6.07) is 4.58. The maximum Gasteiger partial charge on any atom is 0.121 e. The zero-order valence-corrected chi connectivity index (χ0v) is 8.72. The van der Waals surface area contributed by atoms with E-state index in [1.54, 1.807) is 12.1 Å². The molecule has 0 saturated carbocycles. The minimum absolute atomic E-state index is 0.0363. The summed E-state index contributed by atoms with van der Waals surface area (Å²) >= 11 is 0. The molecule has 0 spiro atoms. The van der Waals surface area contributed by atoms with E-state index in [2.05, 4.69) is 0 Å². The predicted molar refractivity (Wildman–Crippen MR) is 57.3 cm³/mol. The highest BCUT2D eigenvalue weighted by molar-refractivity contribution is 5.36. The lowest BCUT2D eigenvalue weighted by Crippen LogP contribution is -2.18. The van der Waals surface area contributed by atoms with Gasteiger partial charge in [-0.2, -0.15) is 0 Å². The van der Waals surface area contributed by atoms with Crippen LogP contribution in [-0.4, -0.2) is 21.4 Å². The van der Waals surface area contributed by atoms with Crippen molar-refractivity contribution in [3.05, 3.63) is 29.3 Å². The van der Waals surface area contributed by atoms with Crippen LogP contribution in [-0.2, 0) is 6.61 Å². The van der Waals surface area contributed by atoms with Crippen LogP contribution in [0.4, 0.5) is 0 Å². The number of phenols is 1. The molecule has 0 aliphatic rings. The number of benzene rings is 1. The van der Waals surface area contributed by atoms with Gasteiger partial charge in [0.25, 0.3) is 0 Å². The van der Waals surface area contributed by atoms with Crippen molar-refractivity contribution in [2.75, 3.05) is 0 Å². The number of nitrogens with two attached hydrogens (primary N) is 1. The monoisotopic (exact) mass is 211 g/mol. The minimum atomic E-state index is -0.657. The zero-order valence-electron chi connectivity index (χ0n) is 8.72. The number of hydrogen-bond acceptors (Lipinski definition) is 4. The first-order valence-corrected chi connectivity index (χ1v) is 4.91. The van der Waals surface area contributed by atoms with Gasteiger partial charge in [0.05, 0.1) is 12.7 Å². The topological polar surface area (TPSA) is 86.7 Å². The van der Waals surface area contributed by atoms with E-state index in [-0.39, 0.29) is 18.4 Å².